The number of likely N-dealkylation sites (N-methyl/N-ethyl adjacent to an activating group) is 1. The zero-order valence-electron chi connectivity index (χ0n) is 14.3. The molecule has 2 aromatic rings. The summed E-state index contributed by atoms with van der Waals surface area (Å²) in [5, 5.41) is 0. The van der Waals surface area contributed by atoms with E-state index in [0.29, 0.717) is 6.54 Å². The van der Waals surface area contributed by atoms with Crippen molar-refractivity contribution in [2.45, 2.75) is 25.8 Å². The van der Waals surface area contributed by atoms with Crippen molar-refractivity contribution in [3.8, 4) is 0 Å². The number of benzene rings is 1. The SMILES string of the molecule is CCCCN(C)C(=O)C(C(=O)c1ccc(F)cc1)n1ccccc1=O. The van der Waals surface area contributed by atoms with Crippen molar-refractivity contribution in [3.05, 3.63) is 70.4 Å². The van der Waals surface area contributed by atoms with E-state index in [9.17, 15) is 18.8 Å². The molecule has 1 unspecified atom stereocenters. The number of aromatic nitrogens is 1. The maximum Gasteiger partial charge on any atom is 0.253 e. The molecule has 1 aromatic carbocycles. The number of halogens is 1. The van der Waals surface area contributed by atoms with Crippen LogP contribution < -0.4 is 5.56 Å². The van der Waals surface area contributed by atoms with Crippen molar-refractivity contribution in [1.29, 1.82) is 0 Å². The molecule has 1 aromatic heterocycles. The van der Waals surface area contributed by atoms with E-state index in [-0.39, 0.29) is 5.56 Å². The minimum absolute atomic E-state index is 0.180. The van der Waals surface area contributed by atoms with Crippen LogP contribution in [0.3, 0.4) is 0 Å². The molecule has 0 aliphatic heterocycles. The van der Waals surface area contributed by atoms with Crippen LogP contribution in [0.1, 0.15) is 36.2 Å². The van der Waals surface area contributed by atoms with Crippen molar-refractivity contribution < 1.29 is 14.0 Å². The quantitative estimate of drug-likeness (QED) is 0.573. The fourth-order valence-electron chi connectivity index (χ4n) is 2.50. The number of nitrogens with zero attached hydrogens (tertiary/aromatic N) is 2. The second-order valence-electron chi connectivity index (χ2n) is 5.83. The number of unbranched alkanes of at least 4 members (excludes halogenated alkanes) is 1. The molecular weight excluding hydrogens is 323 g/mol. The molecule has 0 fully saturated rings. The molecule has 1 amide bonds. The van der Waals surface area contributed by atoms with E-state index in [2.05, 4.69) is 0 Å². The molecule has 0 N–H and O–H groups in total. The minimum Gasteiger partial charge on any atom is -0.344 e. The molecular formula is C19H21FN2O3. The lowest BCUT2D eigenvalue weighted by molar-refractivity contribution is -0.132. The zero-order valence-corrected chi connectivity index (χ0v) is 14.3. The van der Waals surface area contributed by atoms with E-state index in [0.717, 1.165) is 29.5 Å². The molecule has 0 radical (unpaired) electrons. The van der Waals surface area contributed by atoms with E-state index in [1.165, 1.54) is 29.3 Å². The molecule has 0 saturated heterocycles. The third kappa shape index (κ3) is 4.41. The van der Waals surface area contributed by atoms with Gasteiger partial charge in [0, 0.05) is 31.4 Å². The molecule has 0 spiro atoms. The summed E-state index contributed by atoms with van der Waals surface area (Å²) in [6.07, 6.45) is 3.11. The first kappa shape index (κ1) is 18.6. The Balaban J connectivity index is 2.43. The molecule has 132 valence electrons. The van der Waals surface area contributed by atoms with Crippen molar-refractivity contribution in [1.82, 2.24) is 9.47 Å². The average molecular weight is 344 g/mol. The van der Waals surface area contributed by atoms with Gasteiger partial charge in [-0.2, -0.15) is 0 Å². The number of carbonyl (C=O) groups is 2. The lowest BCUT2D eigenvalue weighted by Crippen LogP contribution is -2.42. The monoisotopic (exact) mass is 344 g/mol. The van der Waals surface area contributed by atoms with Crippen LogP contribution in [0.5, 0.6) is 0 Å². The van der Waals surface area contributed by atoms with Gasteiger partial charge in [-0.25, -0.2) is 4.39 Å². The molecule has 6 heteroatoms. The Morgan fingerprint density at radius 2 is 1.84 bits per heavy atom. The fraction of sp³-hybridized carbons (Fsp3) is 0.316. The summed E-state index contributed by atoms with van der Waals surface area (Å²) in [4.78, 5) is 39.4. The molecule has 25 heavy (non-hydrogen) atoms. The molecule has 0 saturated carbocycles. The largest absolute Gasteiger partial charge is 0.344 e. The lowest BCUT2D eigenvalue weighted by atomic mass is 10.0. The molecule has 2 rings (SSSR count). The first-order chi connectivity index (χ1) is 12.0. The van der Waals surface area contributed by atoms with Gasteiger partial charge in [-0.05, 0) is 36.8 Å². The van der Waals surface area contributed by atoms with Gasteiger partial charge in [0.25, 0.3) is 11.5 Å². The second kappa shape index (κ2) is 8.37. The summed E-state index contributed by atoms with van der Waals surface area (Å²) >= 11 is 0. The molecule has 1 atom stereocenters. The molecule has 0 bridgehead atoms. The smallest absolute Gasteiger partial charge is 0.253 e. The highest BCUT2D eigenvalue weighted by Crippen LogP contribution is 2.17. The zero-order chi connectivity index (χ0) is 18.4. The van der Waals surface area contributed by atoms with Crippen LogP contribution in [0.2, 0.25) is 0 Å². The summed E-state index contributed by atoms with van der Waals surface area (Å²) in [5.41, 5.74) is -0.264. The maximum absolute atomic E-state index is 13.1. The number of amides is 1. The van der Waals surface area contributed by atoms with E-state index < -0.39 is 29.1 Å². The lowest BCUT2D eigenvalue weighted by Gasteiger charge is -2.24. The highest BCUT2D eigenvalue weighted by molar-refractivity contribution is 6.11. The summed E-state index contributed by atoms with van der Waals surface area (Å²) in [5.74, 6) is -1.48. The normalized spacial score (nSPS) is 11.8. The fourth-order valence-corrected chi connectivity index (χ4v) is 2.50. The van der Waals surface area contributed by atoms with Crippen LogP contribution in [-0.2, 0) is 4.79 Å². The van der Waals surface area contributed by atoms with E-state index >= 15 is 0 Å². The molecule has 1 heterocycles. The van der Waals surface area contributed by atoms with E-state index in [4.69, 9.17) is 0 Å². The van der Waals surface area contributed by atoms with E-state index in [1.807, 2.05) is 6.92 Å². The Bertz CT molecular complexity index is 799. The van der Waals surface area contributed by atoms with Gasteiger partial charge < -0.3 is 4.90 Å². The topological polar surface area (TPSA) is 59.4 Å². The average Bonchev–Trinajstić information content (AvgIpc) is 2.61. The standard InChI is InChI=1S/C19H21FN2O3/c1-3-4-12-21(2)19(25)17(22-13-6-5-7-16(22)23)18(24)14-8-10-15(20)11-9-14/h5-11,13,17H,3-4,12H2,1-2H3. The van der Waals surface area contributed by atoms with Crippen LogP contribution in [-0.4, -0.2) is 34.7 Å². The Kier molecular flexibility index (Phi) is 6.22. The van der Waals surface area contributed by atoms with Crippen LogP contribution in [0, 0.1) is 5.82 Å². The Morgan fingerprint density at radius 3 is 2.44 bits per heavy atom. The number of carbonyl (C=O) groups excluding carboxylic acids is 2. The predicted molar refractivity (Wildman–Crippen MR) is 93.0 cm³/mol. The van der Waals surface area contributed by atoms with Gasteiger partial charge in [-0.3, -0.25) is 19.0 Å². The third-order valence-electron chi connectivity index (χ3n) is 3.96. The van der Waals surface area contributed by atoms with E-state index in [1.54, 1.807) is 19.2 Å². The van der Waals surface area contributed by atoms with Gasteiger partial charge >= 0.3 is 0 Å². The third-order valence-corrected chi connectivity index (χ3v) is 3.96. The molecule has 5 nitrogen and oxygen atoms in total. The summed E-state index contributed by atoms with van der Waals surface area (Å²) in [6, 6.07) is 8.07. The summed E-state index contributed by atoms with van der Waals surface area (Å²) in [6.45, 7) is 2.49. The van der Waals surface area contributed by atoms with Crippen LogP contribution in [0.4, 0.5) is 4.39 Å². The number of Topliss-reactive ketones (excluding diaryl/α,β-unsaturated/α-hetero) is 1. The van der Waals surface area contributed by atoms with Crippen molar-refractivity contribution in [2.75, 3.05) is 13.6 Å². The van der Waals surface area contributed by atoms with Crippen molar-refractivity contribution in [3.63, 3.8) is 0 Å². The highest BCUT2D eigenvalue weighted by atomic mass is 19.1. The Labute approximate surface area is 145 Å². The van der Waals surface area contributed by atoms with Gasteiger partial charge in [0.2, 0.25) is 0 Å². The number of hydrogen-bond acceptors (Lipinski definition) is 3. The minimum atomic E-state index is -1.30. The second-order valence-corrected chi connectivity index (χ2v) is 5.83. The van der Waals surface area contributed by atoms with Crippen LogP contribution in [0.25, 0.3) is 0 Å². The molecule has 0 aliphatic rings. The van der Waals surface area contributed by atoms with Crippen LogP contribution in [0.15, 0.2) is 53.5 Å². The Morgan fingerprint density at radius 1 is 1.16 bits per heavy atom. The maximum atomic E-state index is 13.1. The van der Waals surface area contributed by atoms with Gasteiger partial charge in [-0.1, -0.05) is 19.4 Å². The van der Waals surface area contributed by atoms with Gasteiger partial charge in [0.1, 0.15) is 5.82 Å². The van der Waals surface area contributed by atoms with Crippen molar-refractivity contribution >= 4 is 11.7 Å². The number of ketones is 1. The summed E-state index contributed by atoms with van der Waals surface area (Å²) < 4.78 is 14.2. The van der Waals surface area contributed by atoms with Gasteiger partial charge in [0.05, 0.1) is 0 Å². The van der Waals surface area contributed by atoms with Crippen LogP contribution >= 0.6 is 0 Å². The summed E-state index contributed by atoms with van der Waals surface area (Å²) in [7, 11) is 1.61. The van der Waals surface area contributed by atoms with Crippen molar-refractivity contribution in [2.24, 2.45) is 0 Å². The Hall–Kier alpha value is -2.76. The highest BCUT2D eigenvalue weighted by Gasteiger charge is 2.32. The van der Waals surface area contributed by atoms with Gasteiger partial charge in [-0.15, -0.1) is 0 Å². The number of pyridine rings is 1. The molecule has 0 aliphatic carbocycles. The predicted octanol–water partition coefficient (Wildman–Crippen LogP) is 2.67. The first-order valence-electron chi connectivity index (χ1n) is 8.17. The van der Waals surface area contributed by atoms with Gasteiger partial charge in [0.15, 0.2) is 11.8 Å². The number of rotatable bonds is 7. The first-order valence-corrected chi connectivity index (χ1v) is 8.17. The number of hydrogen-bond donors (Lipinski definition) is 0.